The highest BCUT2D eigenvalue weighted by atomic mass is 19.4. The third-order valence-corrected chi connectivity index (χ3v) is 8.21. The van der Waals surface area contributed by atoms with Crippen molar-refractivity contribution >= 4 is 28.7 Å². The molecule has 1 aromatic carbocycles. The number of aromatic amines is 1. The van der Waals surface area contributed by atoms with Crippen molar-refractivity contribution in [3.8, 4) is 6.07 Å². The minimum atomic E-state index is -5.05. The molecule has 2 aliphatic rings. The van der Waals surface area contributed by atoms with Crippen LogP contribution in [0.2, 0.25) is 0 Å². The van der Waals surface area contributed by atoms with E-state index in [0.717, 1.165) is 6.07 Å². The van der Waals surface area contributed by atoms with Crippen molar-refractivity contribution in [2.24, 2.45) is 0 Å². The van der Waals surface area contributed by atoms with E-state index in [2.05, 4.69) is 25.2 Å². The van der Waals surface area contributed by atoms with Crippen LogP contribution in [0, 0.1) is 23.0 Å². The number of likely N-dealkylation sites (N-methyl/N-ethyl adjacent to an activating group) is 1. The lowest BCUT2D eigenvalue weighted by atomic mass is 9.96. The monoisotopic (exact) mass is 628 g/mol. The van der Waals surface area contributed by atoms with Gasteiger partial charge in [-0.15, -0.1) is 0 Å². The van der Waals surface area contributed by atoms with Crippen molar-refractivity contribution in [3.63, 3.8) is 0 Å². The molecular formula is C30H29F5N8O2. The standard InChI is InChI=1S/C30H29F5N8O2/c1-16-14-43(15-17(2)41(16)3)22-11-21(31)26(18-5-8-42(9-6-18)24-4-7-37-23(12-36)39-24)27(32)28(22)40-29(45)19-13-38-25(44)10-20(19)30(33,34)35/h4-5,7,10-11,13,16-17H,6,8-9,14-15H2,1-3H3,(H,38,44)(H,40,45)/t16-,17+. The van der Waals surface area contributed by atoms with Crippen LogP contribution in [0.5, 0.6) is 0 Å². The number of carbonyl (C=O) groups is 1. The number of aromatic nitrogens is 3. The van der Waals surface area contributed by atoms with E-state index in [1.807, 2.05) is 27.0 Å². The van der Waals surface area contributed by atoms with Gasteiger partial charge in [-0.1, -0.05) is 6.08 Å². The molecule has 0 saturated carbocycles. The second-order valence-corrected chi connectivity index (χ2v) is 11.1. The maximum absolute atomic E-state index is 16.5. The van der Waals surface area contributed by atoms with Crippen LogP contribution in [0.4, 0.5) is 39.1 Å². The summed E-state index contributed by atoms with van der Waals surface area (Å²) in [6.45, 7) is 4.99. The summed E-state index contributed by atoms with van der Waals surface area (Å²) in [5.41, 5.74) is -4.10. The summed E-state index contributed by atoms with van der Waals surface area (Å²) in [5.74, 6) is -2.93. The van der Waals surface area contributed by atoms with Crippen LogP contribution in [-0.2, 0) is 6.18 Å². The molecule has 45 heavy (non-hydrogen) atoms. The average molecular weight is 629 g/mol. The van der Waals surface area contributed by atoms with Crippen molar-refractivity contribution in [3.05, 3.63) is 81.2 Å². The maximum atomic E-state index is 16.5. The largest absolute Gasteiger partial charge is 0.417 e. The van der Waals surface area contributed by atoms with E-state index in [1.165, 1.54) is 6.20 Å². The van der Waals surface area contributed by atoms with Crippen LogP contribution in [0.15, 0.2) is 41.5 Å². The van der Waals surface area contributed by atoms with E-state index in [1.54, 1.807) is 21.9 Å². The van der Waals surface area contributed by atoms with Gasteiger partial charge in [0.1, 0.15) is 23.4 Å². The van der Waals surface area contributed by atoms with Crippen molar-refractivity contribution in [1.29, 1.82) is 5.26 Å². The normalized spacial score (nSPS) is 19.2. The van der Waals surface area contributed by atoms with Gasteiger partial charge in [0.05, 0.1) is 22.4 Å². The molecule has 3 aromatic rings. The van der Waals surface area contributed by atoms with Crippen LogP contribution in [0.3, 0.4) is 0 Å². The highest BCUT2D eigenvalue weighted by Gasteiger charge is 2.37. The molecule has 2 aromatic heterocycles. The number of anilines is 3. The van der Waals surface area contributed by atoms with Crippen LogP contribution in [0.1, 0.15) is 47.6 Å². The zero-order chi connectivity index (χ0) is 32.6. The molecule has 0 aliphatic carbocycles. The first-order chi connectivity index (χ1) is 21.3. The number of piperazine rings is 1. The van der Waals surface area contributed by atoms with Gasteiger partial charge in [-0.25, -0.2) is 18.7 Å². The molecule has 5 rings (SSSR count). The minimum Gasteiger partial charge on any atom is -0.367 e. The van der Waals surface area contributed by atoms with Crippen LogP contribution in [-0.4, -0.2) is 71.1 Å². The summed E-state index contributed by atoms with van der Waals surface area (Å²) in [6, 6.07) is 4.71. The summed E-state index contributed by atoms with van der Waals surface area (Å²) in [6.07, 6.45) is -1.25. The maximum Gasteiger partial charge on any atom is 0.417 e. The molecule has 1 amide bonds. The first-order valence-corrected chi connectivity index (χ1v) is 14.1. The lowest BCUT2D eigenvalue weighted by Crippen LogP contribution is -2.55. The Morgan fingerprint density at radius 1 is 1.16 bits per heavy atom. The molecule has 0 radical (unpaired) electrons. The number of hydrogen-bond acceptors (Lipinski definition) is 8. The Bertz CT molecular complexity index is 1750. The van der Waals surface area contributed by atoms with Gasteiger partial charge in [-0.2, -0.15) is 18.4 Å². The second kappa shape index (κ2) is 12.3. The molecule has 1 saturated heterocycles. The molecular weight excluding hydrogens is 599 g/mol. The summed E-state index contributed by atoms with van der Waals surface area (Å²) < 4.78 is 73.6. The lowest BCUT2D eigenvalue weighted by molar-refractivity contribution is -0.138. The quantitative estimate of drug-likeness (QED) is 0.399. The molecule has 4 heterocycles. The summed E-state index contributed by atoms with van der Waals surface area (Å²) >= 11 is 0. The van der Waals surface area contributed by atoms with Crippen molar-refractivity contribution in [2.75, 3.05) is 48.3 Å². The van der Waals surface area contributed by atoms with Crippen molar-refractivity contribution in [1.82, 2.24) is 19.9 Å². The first kappa shape index (κ1) is 31.6. The number of hydrogen-bond donors (Lipinski definition) is 2. The predicted molar refractivity (Wildman–Crippen MR) is 157 cm³/mol. The van der Waals surface area contributed by atoms with Gasteiger partial charge < -0.3 is 20.1 Å². The molecule has 2 N–H and O–H groups in total. The fourth-order valence-corrected chi connectivity index (χ4v) is 5.63. The highest BCUT2D eigenvalue weighted by molar-refractivity contribution is 6.07. The lowest BCUT2D eigenvalue weighted by Gasteiger charge is -2.44. The van der Waals surface area contributed by atoms with Crippen LogP contribution >= 0.6 is 0 Å². The van der Waals surface area contributed by atoms with Crippen molar-refractivity contribution < 1.29 is 26.7 Å². The number of nitriles is 1. The molecule has 10 nitrogen and oxygen atoms in total. The second-order valence-electron chi connectivity index (χ2n) is 11.1. The van der Waals surface area contributed by atoms with Gasteiger partial charge in [-0.05, 0) is 39.0 Å². The van der Waals surface area contributed by atoms with Gasteiger partial charge in [0, 0.05) is 62.8 Å². The number of alkyl halides is 3. The Kier molecular flexibility index (Phi) is 8.61. The average Bonchev–Trinajstić information content (AvgIpc) is 3.00. The highest BCUT2D eigenvalue weighted by Crippen LogP contribution is 2.40. The number of H-pyrrole nitrogens is 1. The SMILES string of the molecule is C[C@@H]1CN(c2cc(F)c(C3=CCN(c4ccnc(C#N)n4)CC3)c(F)c2NC(=O)c2c[nH]c(=O)cc2C(F)(F)F)C[C@H](C)N1C. The smallest absolute Gasteiger partial charge is 0.367 e. The Hall–Kier alpha value is -4.84. The summed E-state index contributed by atoms with van der Waals surface area (Å²) in [7, 11) is 1.91. The zero-order valence-corrected chi connectivity index (χ0v) is 24.5. The number of rotatable bonds is 5. The Morgan fingerprint density at radius 3 is 2.49 bits per heavy atom. The fraction of sp³-hybridized carbons (Fsp3) is 0.367. The molecule has 2 aliphatic heterocycles. The number of pyridine rings is 1. The Morgan fingerprint density at radius 2 is 1.87 bits per heavy atom. The van der Waals surface area contributed by atoms with E-state index >= 15 is 8.78 Å². The van der Waals surface area contributed by atoms with E-state index in [4.69, 9.17) is 5.26 Å². The molecule has 0 unspecified atom stereocenters. The Balaban J connectivity index is 1.57. The number of benzene rings is 1. The number of halogens is 5. The van der Waals surface area contributed by atoms with Gasteiger partial charge in [0.15, 0.2) is 5.82 Å². The first-order valence-electron chi connectivity index (χ1n) is 14.1. The Labute approximate surface area is 254 Å². The molecule has 2 atom stereocenters. The van der Waals surface area contributed by atoms with Crippen molar-refractivity contribution in [2.45, 2.75) is 38.5 Å². The van der Waals surface area contributed by atoms with Gasteiger partial charge in [-0.3, -0.25) is 14.5 Å². The minimum absolute atomic E-state index is 0.0186. The number of carbonyl (C=O) groups excluding carboxylic acids is 1. The summed E-state index contributed by atoms with van der Waals surface area (Å²) in [4.78, 5) is 40.6. The third kappa shape index (κ3) is 6.37. The van der Waals surface area contributed by atoms with Crippen LogP contribution < -0.4 is 20.7 Å². The molecule has 1 fully saturated rings. The molecule has 0 spiro atoms. The summed E-state index contributed by atoms with van der Waals surface area (Å²) in [5, 5.41) is 11.4. The number of nitrogens with one attached hydrogen (secondary N) is 2. The molecule has 236 valence electrons. The fourth-order valence-electron chi connectivity index (χ4n) is 5.63. The van der Waals surface area contributed by atoms with E-state index in [-0.39, 0.29) is 54.7 Å². The predicted octanol–water partition coefficient (Wildman–Crippen LogP) is 4.41. The van der Waals surface area contributed by atoms with E-state index in [0.29, 0.717) is 25.1 Å². The third-order valence-electron chi connectivity index (χ3n) is 8.21. The van der Waals surface area contributed by atoms with Crippen LogP contribution in [0.25, 0.3) is 5.57 Å². The topological polar surface area (TPSA) is 121 Å². The van der Waals surface area contributed by atoms with E-state index in [9.17, 15) is 22.8 Å². The molecule has 0 bridgehead atoms. The van der Waals surface area contributed by atoms with E-state index < -0.39 is 51.7 Å². The van der Waals surface area contributed by atoms with Gasteiger partial charge >= 0.3 is 6.18 Å². The number of nitrogens with zero attached hydrogens (tertiary/aromatic N) is 6. The van der Waals surface area contributed by atoms with Gasteiger partial charge in [0.25, 0.3) is 5.91 Å². The number of amides is 1. The zero-order valence-electron chi connectivity index (χ0n) is 24.5. The van der Waals surface area contributed by atoms with Gasteiger partial charge in [0.2, 0.25) is 11.4 Å². The molecule has 15 heteroatoms.